The summed E-state index contributed by atoms with van der Waals surface area (Å²) < 4.78 is 8.00. The third kappa shape index (κ3) is 5.73. The highest BCUT2D eigenvalue weighted by Crippen LogP contribution is 2.22. The average molecular weight is 414 g/mol. The van der Waals surface area contributed by atoms with Crippen molar-refractivity contribution in [3.63, 3.8) is 0 Å². The second kappa shape index (κ2) is 10.3. The van der Waals surface area contributed by atoms with Gasteiger partial charge in [-0.2, -0.15) is 0 Å². The van der Waals surface area contributed by atoms with Crippen LogP contribution in [0.3, 0.4) is 0 Å². The summed E-state index contributed by atoms with van der Waals surface area (Å²) in [6.45, 7) is 5.47. The van der Waals surface area contributed by atoms with Gasteiger partial charge in [0.2, 0.25) is 5.91 Å². The lowest BCUT2D eigenvalue weighted by Gasteiger charge is -2.16. The zero-order valence-electron chi connectivity index (χ0n) is 17.0. The van der Waals surface area contributed by atoms with Crippen LogP contribution in [0, 0.1) is 0 Å². The number of halogens is 1. The number of ether oxygens (including phenoxy) is 1. The standard InChI is InChI=1S/C23H28ClN3O2/c1-3-8-22(28)25-17(2)23-26-20-9-4-5-10-21(20)27(23)15-6-7-16-29-19-13-11-18(24)12-14-19/h4-5,9-14,17H,3,6-8,15-16H2,1-2H3,(H,25,28). The normalized spacial score (nSPS) is 12.1. The summed E-state index contributed by atoms with van der Waals surface area (Å²) in [5, 5.41) is 3.77. The van der Waals surface area contributed by atoms with Crippen LogP contribution in [0.4, 0.5) is 0 Å². The zero-order valence-corrected chi connectivity index (χ0v) is 17.8. The number of carbonyl (C=O) groups excluding carboxylic acids is 1. The van der Waals surface area contributed by atoms with Crippen LogP contribution in [0.2, 0.25) is 5.02 Å². The Kier molecular flexibility index (Phi) is 7.53. The number of benzene rings is 2. The van der Waals surface area contributed by atoms with Gasteiger partial charge in [0.25, 0.3) is 0 Å². The van der Waals surface area contributed by atoms with Gasteiger partial charge in [-0.15, -0.1) is 0 Å². The molecule has 1 atom stereocenters. The molecule has 0 aliphatic heterocycles. The molecule has 6 heteroatoms. The van der Waals surface area contributed by atoms with E-state index in [0.29, 0.717) is 18.1 Å². The van der Waals surface area contributed by atoms with Gasteiger partial charge in [0.1, 0.15) is 11.6 Å². The summed E-state index contributed by atoms with van der Waals surface area (Å²) >= 11 is 5.90. The molecule has 1 aromatic heterocycles. The van der Waals surface area contributed by atoms with Crippen molar-refractivity contribution in [2.75, 3.05) is 6.61 Å². The Labute approximate surface area is 177 Å². The molecule has 154 valence electrons. The zero-order chi connectivity index (χ0) is 20.6. The Morgan fingerprint density at radius 2 is 1.93 bits per heavy atom. The van der Waals surface area contributed by atoms with Crippen molar-refractivity contribution in [1.82, 2.24) is 14.9 Å². The number of rotatable bonds is 10. The van der Waals surface area contributed by atoms with Crippen LogP contribution in [0.15, 0.2) is 48.5 Å². The summed E-state index contributed by atoms with van der Waals surface area (Å²) in [4.78, 5) is 16.8. The van der Waals surface area contributed by atoms with Gasteiger partial charge in [0.15, 0.2) is 0 Å². The van der Waals surface area contributed by atoms with E-state index in [4.69, 9.17) is 21.3 Å². The van der Waals surface area contributed by atoms with Crippen LogP contribution >= 0.6 is 11.6 Å². The number of fused-ring (bicyclic) bond motifs is 1. The minimum absolute atomic E-state index is 0.0648. The first-order valence-corrected chi connectivity index (χ1v) is 10.6. The van der Waals surface area contributed by atoms with E-state index in [1.54, 1.807) is 0 Å². The fraction of sp³-hybridized carbons (Fsp3) is 0.391. The molecule has 0 aliphatic carbocycles. The molecule has 0 fully saturated rings. The van der Waals surface area contributed by atoms with Crippen molar-refractivity contribution >= 4 is 28.5 Å². The SMILES string of the molecule is CCCC(=O)NC(C)c1nc2ccccc2n1CCCCOc1ccc(Cl)cc1. The quantitative estimate of drug-likeness (QED) is 0.445. The van der Waals surface area contributed by atoms with E-state index in [1.807, 2.05) is 56.3 Å². The molecule has 3 aromatic rings. The molecule has 1 amide bonds. The van der Waals surface area contributed by atoms with Gasteiger partial charge in [-0.25, -0.2) is 4.98 Å². The Balaban J connectivity index is 1.62. The lowest BCUT2D eigenvalue weighted by Crippen LogP contribution is -2.28. The minimum atomic E-state index is -0.133. The Bertz CT molecular complexity index is 937. The minimum Gasteiger partial charge on any atom is -0.494 e. The van der Waals surface area contributed by atoms with Crippen LogP contribution in [0.25, 0.3) is 11.0 Å². The number of hydrogen-bond acceptors (Lipinski definition) is 3. The van der Waals surface area contributed by atoms with Crippen LogP contribution in [0.5, 0.6) is 5.75 Å². The summed E-state index contributed by atoms with van der Waals surface area (Å²) in [6, 6.07) is 15.4. The number of nitrogens with one attached hydrogen (secondary N) is 1. The van der Waals surface area contributed by atoms with Crippen LogP contribution in [-0.2, 0) is 11.3 Å². The lowest BCUT2D eigenvalue weighted by atomic mass is 10.2. The van der Waals surface area contributed by atoms with E-state index in [9.17, 15) is 4.79 Å². The molecule has 1 heterocycles. The molecule has 3 rings (SSSR count). The molecule has 2 aromatic carbocycles. The Morgan fingerprint density at radius 3 is 2.69 bits per heavy atom. The summed E-state index contributed by atoms with van der Waals surface area (Å²) in [6.07, 6.45) is 3.25. The largest absolute Gasteiger partial charge is 0.494 e. The van der Waals surface area contributed by atoms with Crippen molar-refractivity contribution in [2.24, 2.45) is 0 Å². The molecule has 0 aliphatic rings. The molecule has 0 spiro atoms. The summed E-state index contributed by atoms with van der Waals surface area (Å²) in [7, 11) is 0. The molecule has 0 radical (unpaired) electrons. The van der Waals surface area contributed by atoms with E-state index < -0.39 is 0 Å². The number of aromatic nitrogens is 2. The predicted octanol–water partition coefficient (Wildman–Crippen LogP) is 5.53. The van der Waals surface area contributed by atoms with Crippen molar-refractivity contribution in [3.8, 4) is 5.75 Å². The third-order valence-corrected chi connectivity index (χ3v) is 5.04. The molecule has 0 saturated heterocycles. The maximum Gasteiger partial charge on any atom is 0.220 e. The number of para-hydroxylation sites is 2. The van der Waals surface area contributed by atoms with Crippen LogP contribution in [-0.4, -0.2) is 22.1 Å². The fourth-order valence-corrected chi connectivity index (χ4v) is 3.48. The summed E-state index contributed by atoms with van der Waals surface area (Å²) in [5.74, 6) is 1.79. The average Bonchev–Trinajstić information content (AvgIpc) is 3.08. The molecule has 5 nitrogen and oxygen atoms in total. The smallest absolute Gasteiger partial charge is 0.220 e. The second-order valence-corrected chi connectivity index (χ2v) is 7.60. The van der Waals surface area contributed by atoms with E-state index in [-0.39, 0.29) is 11.9 Å². The topological polar surface area (TPSA) is 56.2 Å². The lowest BCUT2D eigenvalue weighted by molar-refractivity contribution is -0.121. The van der Waals surface area contributed by atoms with E-state index in [1.165, 1.54) is 0 Å². The van der Waals surface area contributed by atoms with Crippen LogP contribution < -0.4 is 10.1 Å². The van der Waals surface area contributed by atoms with Crippen molar-refractivity contribution in [1.29, 1.82) is 0 Å². The number of unbranched alkanes of at least 4 members (excludes halogenated alkanes) is 1. The van der Waals surface area contributed by atoms with Gasteiger partial charge in [0, 0.05) is 18.0 Å². The highest BCUT2D eigenvalue weighted by Gasteiger charge is 2.17. The molecule has 0 saturated carbocycles. The van der Waals surface area contributed by atoms with Crippen molar-refractivity contribution in [3.05, 3.63) is 59.4 Å². The van der Waals surface area contributed by atoms with Gasteiger partial charge in [0.05, 0.1) is 23.7 Å². The maximum atomic E-state index is 12.0. The fourth-order valence-electron chi connectivity index (χ4n) is 3.36. The Morgan fingerprint density at radius 1 is 1.17 bits per heavy atom. The number of nitrogens with zero attached hydrogens (tertiary/aromatic N) is 2. The molecule has 1 unspecified atom stereocenters. The highest BCUT2D eigenvalue weighted by atomic mass is 35.5. The molecule has 1 N–H and O–H groups in total. The predicted molar refractivity (Wildman–Crippen MR) is 117 cm³/mol. The van der Waals surface area contributed by atoms with E-state index in [2.05, 4.69) is 16.0 Å². The monoisotopic (exact) mass is 413 g/mol. The van der Waals surface area contributed by atoms with Gasteiger partial charge in [-0.05, 0) is 62.6 Å². The van der Waals surface area contributed by atoms with Gasteiger partial charge >= 0.3 is 0 Å². The van der Waals surface area contributed by atoms with E-state index in [0.717, 1.165) is 48.4 Å². The maximum absolute atomic E-state index is 12.0. The molecular weight excluding hydrogens is 386 g/mol. The van der Waals surface area contributed by atoms with Crippen LogP contribution in [0.1, 0.15) is 51.4 Å². The first-order chi connectivity index (χ1) is 14.1. The number of aryl methyl sites for hydroxylation is 1. The summed E-state index contributed by atoms with van der Waals surface area (Å²) in [5.41, 5.74) is 2.05. The van der Waals surface area contributed by atoms with Crippen molar-refractivity contribution < 1.29 is 9.53 Å². The first-order valence-electron chi connectivity index (χ1n) is 10.2. The second-order valence-electron chi connectivity index (χ2n) is 7.16. The number of imidazole rings is 1. The van der Waals surface area contributed by atoms with Gasteiger partial charge in [-0.3, -0.25) is 4.79 Å². The van der Waals surface area contributed by atoms with Crippen molar-refractivity contribution in [2.45, 2.75) is 52.1 Å². The number of amides is 1. The first kappa shape index (κ1) is 21.2. The highest BCUT2D eigenvalue weighted by molar-refractivity contribution is 6.30. The number of carbonyl (C=O) groups is 1. The van der Waals surface area contributed by atoms with Gasteiger partial charge < -0.3 is 14.6 Å². The Hall–Kier alpha value is -2.53. The van der Waals surface area contributed by atoms with E-state index >= 15 is 0 Å². The van der Waals surface area contributed by atoms with Gasteiger partial charge in [-0.1, -0.05) is 30.7 Å². The molecule has 29 heavy (non-hydrogen) atoms. The third-order valence-electron chi connectivity index (χ3n) is 4.78. The molecular formula is C23H28ClN3O2. The molecule has 0 bridgehead atoms. The number of hydrogen-bond donors (Lipinski definition) is 1.